The number of carbonyl (C=O) groups is 1. The van der Waals surface area contributed by atoms with Gasteiger partial charge < -0.3 is 0 Å². The van der Waals surface area contributed by atoms with Crippen LogP contribution in [0.4, 0.5) is 0 Å². The molecule has 0 atom stereocenters. The van der Waals surface area contributed by atoms with Crippen LogP contribution >= 0.6 is 39.1 Å². The minimum atomic E-state index is -0.405. The molecule has 0 unspecified atom stereocenters. The number of hydrazone groups is 1. The molecule has 8 heteroatoms. The van der Waals surface area contributed by atoms with Gasteiger partial charge in [0.1, 0.15) is 5.69 Å². The minimum Gasteiger partial charge on any atom is -0.272 e. The van der Waals surface area contributed by atoms with E-state index in [1.165, 1.54) is 0 Å². The zero-order chi connectivity index (χ0) is 17.8. The van der Waals surface area contributed by atoms with Crippen LogP contribution in [0.25, 0.3) is 11.3 Å². The van der Waals surface area contributed by atoms with Crippen molar-refractivity contribution in [2.45, 2.75) is 0 Å². The van der Waals surface area contributed by atoms with Gasteiger partial charge in [0, 0.05) is 15.1 Å². The highest BCUT2D eigenvalue weighted by atomic mass is 79.9. The molecule has 1 aromatic heterocycles. The molecule has 0 aliphatic heterocycles. The average molecular weight is 438 g/mol. The molecule has 0 saturated heterocycles. The van der Waals surface area contributed by atoms with Gasteiger partial charge in [0.15, 0.2) is 0 Å². The fourth-order valence-corrected chi connectivity index (χ4v) is 2.82. The largest absolute Gasteiger partial charge is 0.289 e. The smallest absolute Gasteiger partial charge is 0.272 e. The molecule has 0 aliphatic carbocycles. The van der Waals surface area contributed by atoms with Gasteiger partial charge in [0.05, 0.1) is 16.9 Å². The Labute approximate surface area is 162 Å². The lowest BCUT2D eigenvalue weighted by Crippen LogP contribution is -2.17. The first-order chi connectivity index (χ1) is 12.0. The summed E-state index contributed by atoms with van der Waals surface area (Å²) in [7, 11) is 0. The number of hydrogen-bond donors (Lipinski definition) is 2. The summed E-state index contributed by atoms with van der Waals surface area (Å²) in [4.78, 5) is 12.1. The number of H-pyrrole nitrogens is 1. The lowest BCUT2D eigenvalue weighted by molar-refractivity contribution is 0.0950. The van der Waals surface area contributed by atoms with Crippen LogP contribution in [-0.4, -0.2) is 22.3 Å². The molecule has 0 fully saturated rings. The maximum atomic E-state index is 12.1. The summed E-state index contributed by atoms with van der Waals surface area (Å²) in [5.74, 6) is -0.405. The highest BCUT2D eigenvalue weighted by Gasteiger charge is 2.12. The average Bonchev–Trinajstić information content (AvgIpc) is 3.06. The Balaban J connectivity index is 1.69. The van der Waals surface area contributed by atoms with Gasteiger partial charge >= 0.3 is 0 Å². The third kappa shape index (κ3) is 4.48. The van der Waals surface area contributed by atoms with Gasteiger partial charge in [-0.3, -0.25) is 9.89 Å². The Bertz CT molecular complexity index is 938. The van der Waals surface area contributed by atoms with E-state index < -0.39 is 5.91 Å². The summed E-state index contributed by atoms with van der Waals surface area (Å²) >= 11 is 15.4. The van der Waals surface area contributed by atoms with E-state index in [-0.39, 0.29) is 5.69 Å². The zero-order valence-corrected chi connectivity index (χ0v) is 15.7. The van der Waals surface area contributed by atoms with E-state index in [1.807, 2.05) is 24.3 Å². The molecule has 1 amide bonds. The zero-order valence-electron chi connectivity index (χ0n) is 12.6. The molecule has 0 spiro atoms. The van der Waals surface area contributed by atoms with Gasteiger partial charge in [-0.1, -0.05) is 51.3 Å². The maximum absolute atomic E-state index is 12.1. The second-order valence-corrected chi connectivity index (χ2v) is 6.80. The minimum absolute atomic E-state index is 0.272. The molecule has 2 aromatic carbocycles. The number of nitrogens with one attached hydrogen (secondary N) is 2. The van der Waals surface area contributed by atoms with Crippen LogP contribution in [0.2, 0.25) is 10.0 Å². The number of aromatic amines is 1. The predicted octanol–water partition coefficient (Wildman–Crippen LogP) is 4.91. The topological polar surface area (TPSA) is 70.1 Å². The summed E-state index contributed by atoms with van der Waals surface area (Å²) in [6.07, 6.45) is 1.55. The van der Waals surface area contributed by atoms with E-state index >= 15 is 0 Å². The van der Waals surface area contributed by atoms with Crippen molar-refractivity contribution in [3.63, 3.8) is 0 Å². The molecular weight excluding hydrogens is 427 g/mol. The van der Waals surface area contributed by atoms with Gasteiger partial charge in [-0.05, 0) is 42.0 Å². The molecule has 3 aromatic rings. The highest BCUT2D eigenvalue weighted by Crippen LogP contribution is 2.29. The summed E-state index contributed by atoms with van der Waals surface area (Å²) in [5.41, 5.74) is 4.80. The van der Waals surface area contributed by atoms with E-state index in [9.17, 15) is 4.79 Å². The molecule has 0 bridgehead atoms. The SMILES string of the molecule is O=C(N/N=C/c1ccc(Br)cc1)c1cc(-c2ccc(Cl)cc2Cl)n[nH]1. The van der Waals surface area contributed by atoms with E-state index in [0.717, 1.165) is 10.0 Å². The number of rotatable bonds is 4. The first-order valence-corrected chi connectivity index (χ1v) is 8.67. The summed E-state index contributed by atoms with van der Waals surface area (Å²) in [6, 6.07) is 14.2. The lowest BCUT2D eigenvalue weighted by Gasteiger charge is -2.00. The maximum Gasteiger partial charge on any atom is 0.289 e. The van der Waals surface area contributed by atoms with Crippen molar-refractivity contribution < 1.29 is 4.79 Å². The van der Waals surface area contributed by atoms with Gasteiger partial charge in [-0.2, -0.15) is 10.2 Å². The first kappa shape index (κ1) is 17.7. The van der Waals surface area contributed by atoms with Gasteiger partial charge in [0.2, 0.25) is 0 Å². The van der Waals surface area contributed by atoms with E-state index in [2.05, 4.69) is 36.7 Å². The Morgan fingerprint density at radius 2 is 1.92 bits per heavy atom. The fourth-order valence-electron chi connectivity index (χ4n) is 2.05. The summed E-state index contributed by atoms with van der Waals surface area (Å²) in [5, 5.41) is 11.7. The van der Waals surface area contributed by atoms with Crippen molar-refractivity contribution >= 4 is 51.3 Å². The predicted molar refractivity (Wildman–Crippen MR) is 103 cm³/mol. The number of nitrogens with zero attached hydrogens (tertiary/aromatic N) is 2. The Morgan fingerprint density at radius 3 is 2.64 bits per heavy atom. The monoisotopic (exact) mass is 436 g/mol. The van der Waals surface area contributed by atoms with Gasteiger partial charge in [-0.15, -0.1) is 0 Å². The van der Waals surface area contributed by atoms with Crippen LogP contribution < -0.4 is 5.43 Å². The van der Waals surface area contributed by atoms with Gasteiger partial charge in [0.25, 0.3) is 5.91 Å². The molecular formula is C17H11BrCl2N4O. The fraction of sp³-hybridized carbons (Fsp3) is 0. The molecule has 126 valence electrons. The van der Waals surface area contributed by atoms with E-state index in [0.29, 0.717) is 21.3 Å². The number of halogens is 3. The standard InChI is InChI=1S/C17H11BrCl2N4O/c18-11-3-1-10(2-4-11)9-21-24-17(25)16-8-15(22-23-16)13-6-5-12(19)7-14(13)20/h1-9H,(H,22,23)(H,24,25)/b21-9+. The normalized spacial score (nSPS) is 11.0. The lowest BCUT2D eigenvalue weighted by atomic mass is 10.1. The number of hydrogen-bond acceptors (Lipinski definition) is 3. The second kappa shape index (κ2) is 7.82. The third-order valence-corrected chi connectivity index (χ3v) is 4.36. The van der Waals surface area contributed by atoms with Crippen LogP contribution in [0.3, 0.4) is 0 Å². The van der Waals surface area contributed by atoms with Crippen LogP contribution in [0.1, 0.15) is 16.1 Å². The van der Waals surface area contributed by atoms with Crippen molar-refractivity contribution in [1.29, 1.82) is 0 Å². The quantitative estimate of drug-likeness (QED) is 0.449. The molecule has 0 aliphatic rings. The van der Waals surface area contributed by atoms with Crippen LogP contribution in [0, 0.1) is 0 Å². The summed E-state index contributed by atoms with van der Waals surface area (Å²) < 4.78 is 0.972. The molecule has 0 saturated carbocycles. The molecule has 25 heavy (non-hydrogen) atoms. The highest BCUT2D eigenvalue weighted by molar-refractivity contribution is 9.10. The van der Waals surface area contributed by atoms with Crippen molar-refractivity contribution in [3.05, 3.63) is 74.3 Å². The first-order valence-electron chi connectivity index (χ1n) is 7.13. The Morgan fingerprint density at radius 1 is 1.16 bits per heavy atom. The van der Waals surface area contributed by atoms with Crippen LogP contribution in [0.5, 0.6) is 0 Å². The Kier molecular flexibility index (Phi) is 5.53. The molecule has 3 rings (SSSR count). The molecule has 5 nitrogen and oxygen atoms in total. The van der Waals surface area contributed by atoms with Gasteiger partial charge in [-0.25, -0.2) is 5.43 Å². The summed E-state index contributed by atoms with van der Waals surface area (Å²) in [6.45, 7) is 0. The van der Waals surface area contributed by atoms with Crippen molar-refractivity contribution in [1.82, 2.24) is 15.6 Å². The molecule has 0 radical (unpaired) electrons. The third-order valence-electron chi connectivity index (χ3n) is 3.28. The Hall–Kier alpha value is -2.15. The number of benzene rings is 2. The van der Waals surface area contributed by atoms with Crippen LogP contribution in [-0.2, 0) is 0 Å². The number of aromatic nitrogens is 2. The molecule has 1 heterocycles. The van der Waals surface area contributed by atoms with Crippen molar-refractivity contribution in [2.24, 2.45) is 5.10 Å². The van der Waals surface area contributed by atoms with E-state index in [1.54, 1.807) is 30.5 Å². The second-order valence-electron chi connectivity index (χ2n) is 5.04. The van der Waals surface area contributed by atoms with Crippen molar-refractivity contribution in [3.8, 4) is 11.3 Å². The van der Waals surface area contributed by atoms with Crippen LogP contribution in [0.15, 0.2) is 58.1 Å². The molecule has 2 N–H and O–H groups in total. The van der Waals surface area contributed by atoms with E-state index in [4.69, 9.17) is 23.2 Å². The van der Waals surface area contributed by atoms with Crippen molar-refractivity contribution in [2.75, 3.05) is 0 Å². The number of carbonyl (C=O) groups excluding carboxylic acids is 1. The number of amides is 1.